The maximum atomic E-state index is 13.1. The fraction of sp³-hybridized carbons (Fsp3) is 0.167. The standard InChI is InChI=1S/C12H12FN3/c1-9-4-10(13)6-11(5-9)16-8-12-7-14-2-3-15-12/h2-7,16H,8H2,1H3. The number of nitrogens with zero attached hydrogens (tertiary/aromatic N) is 2. The Labute approximate surface area is 93.4 Å². The third kappa shape index (κ3) is 2.76. The van der Waals surface area contributed by atoms with Crippen molar-refractivity contribution in [2.24, 2.45) is 0 Å². The Kier molecular flexibility index (Phi) is 3.10. The smallest absolute Gasteiger partial charge is 0.125 e. The summed E-state index contributed by atoms with van der Waals surface area (Å²) in [6, 6.07) is 4.84. The van der Waals surface area contributed by atoms with Gasteiger partial charge >= 0.3 is 0 Å². The summed E-state index contributed by atoms with van der Waals surface area (Å²) < 4.78 is 13.1. The van der Waals surface area contributed by atoms with E-state index in [1.54, 1.807) is 18.6 Å². The van der Waals surface area contributed by atoms with Crippen LogP contribution in [0, 0.1) is 12.7 Å². The van der Waals surface area contributed by atoms with E-state index < -0.39 is 0 Å². The van der Waals surface area contributed by atoms with Gasteiger partial charge in [0.2, 0.25) is 0 Å². The normalized spacial score (nSPS) is 10.1. The zero-order chi connectivity index (χ0) is 11.4. The molecule has 2 aromatic rings. The number of hydrogen-bond donors (Lipinski definition) is 1. The molecule has 1 aromatic carbocycles. The van der Waals surface area contributed by atoms with Gasteiger partial charge in [-0.25, -0.2) is 4.39 Å². The van der Waals surface area contributed by atoms with Crippen LogP contribution in [0.25, 0.3) is 0 Å². The SMILES string of the molecule is Cc1cc(F)cc(NCc2cnccn2)c1. The van der Waals surface area contributed by atoms with Gasteiger partial charge in [-0.2, -0.15) is 0 Å². The summed E-state index contributed by atoms with van der Waals surface area (Å²) in [7, 11) is 0. The van der Waals surface area contributed by atoms with Crippen LogP contribution in [0.1, 0.15) is 11.3 Å². The minimum atomic E-state index is -0.235. The quantitative estimate of drug-likeness (QED) is 0.858. The van der Waals surface area contributed by atoms with Crippen LogP contribution in [0.3, 0.4) is 0 Å². The predicted octanol–water partition coefficient (Wildman–Crippen LogP) is 2.54. The molecular weight excluding hydrogens is 205 g/mol. The lowest BCUT2D eigenvalue weighted by atomic mass is 10.2. The van der Waals surface area contributed by atoms with E-state index >= 15 is 0 Å². The van der Waals surface area contributed by atoms with Gasteiger partial charge in [-0.3, -0.25) is 9.97 Å². The average molecular weight is 217 g/mol. The van der Waals surface area contributed by atoms with Crippen LogP contribution in [0.4, 0.5) is 10.1 Å². The predicted molar refractivity (Wildman–Crippen MR) is 60.5 cm³/mol. The Balaban J connectivity index is 2.05. The summed E-state index contributed by atoms with van der Waals surface area (Å²) in [6.07, 6.45) is 4.93. The van der Waals surface area contributed by atoms with Crippen molar-refractivity contribution in [3.63, 3.8) is 0 Å². The third-order valence-corrected chi connectivity index (χ3v) is 2.13. The van der Waals surface area contributed by atoms with E-state index in [0.717, 1.165) is 16.9 Å². The molecular formula is C12H12FN3. The summed E-state index contributed by atoms with van der Waals surface area (Å²) in [5, 5.41) is 3.10. The number of aryl methyl sites for hydroxylation is 1. The van der Waals surface area contributed by atoms with Crippen molar-refractivity contribution in [3.05, 3.63) is 53.9 Å². The second kappa shape index (κ2) is 4.70. The zero-order valence-electron chi connectivity index (χ0n) is 8.94. The molecule has 2 rings (SSSR count). The van der Waals surface area contributed by atoms with Gasteiger partial charge in [0.05, 0.1) is 18.4 Å². The van der Waals surface area contributed by atoms with Gasteiger partial charge < -0.3 is 5.32 Å². The molecule has 0 saturated carbocycles. The molecule has 0 aliphatic carbocycles. The van der Waals surface area contributed by atoms with Crippen molar-refractivity contribution in [1.29, 1.82) is 0 Å². The molecule has 0 aliphatic rings. The summed E-state index contributed by atoms with van der Waals surface area (Å²) in [4.78, 5) is 8.08. The lowest BCUT2D eigenvalue weighted by molar-refractivity contribution is 0.627. The Hall–Kier alpha value is -1.97. The van der Waals surface area contributed by atoms with Crippen LogP contribution in [-0.4, -0.2) is 9.97 Å². The molecule has 16 heavy (non-hydrogen) atoms. The van der Waals surface area contributed by atoms with Gasteiger partial charge in [0, 0.05) is 18.1 Å². The van der Waals surface area contributed by atoms with Gasteiger partial charge in [0.15, 0.2) is 0 Å². The van der Waals surface area contributed by atoms with Gasteiger partial charge in [0.1, 0.15) is 5.82 Å². The summed E-state index contributed by atoms with van der Waals surface area (Å²) in [5.74, 6) is -0.235. The van der Waals surface area contributed by atoms with E-state index in [1.807, 2.05) is 13.0 Å². The third-order valence-electron chi connectivity index (χ3n) is 2.13. The second-order valence-corrected chi connectivity index (χ2v) is 3.57. The van der Waals surface area contributed by atoms with Crippen molar-refractivity contribution in [1.82, 2.24) is 9.97 Å². The number of anilines is 1. The van der Waals surface area contributed by atoms with Crippen LogP contribution < -0.4 is 5.32 Å². The molecule has 1 aromatic heterocycles. The Morgan fingerprint density at radius 2 is 2.12 bits per heavy atom. The first-order valence-electron chi connectivity index (χ1n) is 5.00. The van der Waals surface area contributed by atoms with Crippen molar-refractivity contribution < 1.29 is 4.39 Å². The highest BCUT2D eigenvalue weighted by atomic mass is 19.1. The molecule has 0 unspecified atom stereocenters. The number of benzene rings is 1. The molecule has 1 N–H and O–H groups in total. The minimum absolute atomic E-state index is 0.235. The van der Waals surface area contributed by atoms with Crippen molar-refractivity contribution >= 4 is 5.69 Å². The van der Waals surface area contributed by atoms with E-state index in [0.29, 0.717) is 6.54 Å². The fourth-order valence-electron chi connectivity index (χ4n) is 1.45. The molecule has 0 fully saturated rings. The van der Waals surface area contributed by atoms with Gasteiger partial charge in [0.25, 0.3) is 0 Å². The van der Waals surface area contributed by atoms with E-state index in [1.165, 1.54) is 12.1 Å². The first-order valence-corrected chi connectivity index (χ1v) is 5.00. The number of hydrogen-bond acceptors (Lipinski definition) is 3. The van der Waals surface area contributed by atoms with E-state index in [9.17, 15) is 4.39 Å². The van der Waals surface area contributed by atoms with E-state index in [2.05, 4.69) is 15.3 Å². The first-order chi connectivity index (χ1) is 7.74. The molecule has 0 atom stereocenters. The van der Waals surface area contributed by atoms with E-state index in [4.69, 9.17) is 0 Å². The Bertz CT molecular complexity index is 451. The molecule has 0 spiro atoms. The summed E-state index contributed by atoms with van der Waals surface area (Å²) in [5.41, 5.74) is 2.47. The van der Waals surface area contributed by atoms with Crippen molar-refractivity contribution in [2.45, 2.75) is 13.5 Å². The lowest BCUT2D eigenvalue weighted by Gasteiger charge is -2.06. The molecule has 0 bridgehead atoms. The molecule has 0 radical (unpaired) electrons. The second-order valence-electron chi connectivity index (χ2n) is 3.57. The van der Waals surface area contributed by atoms with Crippen LogP contribution in [-0.2, 0) is 6.54 Å². The van der Waals surface area contributed by atoms with Gasteiger partial charge in [-0.1, -0.05) is 0 Å². The van der Waals surface area contributed by atoms with Crippen molar-refractivity contribution in [2.75, 3.05) is 5.32 Å². The van der Waals surface area contributed by atoms with Crippen LogP contribution in [0.2, 0.25) is 0 Å². The van der Waals surface area contributed by atoms with Gasteiger partial charge in [-0.05, 0) is 30.7 Å². The average Bonchev–Trinajstić information content (AvgIpc) is 2.27. The highest BCUT2D eigenvalue weighted by Gasteiger charge is 1.98. The zero-order valence-corrected chi connectivity index (χ0v) is 8.94. The molecule has 0 amide bonds. The maximum Gasteiger partial charge on any atom is 0.125 e. The van der Waals surface area contributed by atoms with Crippen LogP contribution in [0.5, 0.6) is 0 Å². The molecule has 0 aliphatic heterocycles. The lowest BCUT2D eigenvalue weighted by Crippen LogP contribution is -2.02. The van der Waals surface area contributed by atoms with Crippen molar-refractivity contribution in [3.8, 4) is 0 Å². The summed E-state index contributed by atoms with van der Waals surface area (Å²) in [6.45, 7) is 2.40. The number of rotatable bonds is 3. The Morgan fingerprint density at radius 1 is 1.25 bits per heavy atom. The molecule has 3 nitrogen and oxygen atoms in total. The minimum Gasteiger partial charge on any atom is -0.379 e. The molecule has 4 heteroatoms. The highest BCUT2D eigenvalue weighted by Crippen LogP contribution is 2.13. The van der Waals surface area contributed by atoms with E-state index in [-0.39, 0.29) is 5.82 Å². The number of nitrogens with one attached hydrogen (secondary N) is 1. The fourth-order valence-corrected chi connectivity index (χ4v) is 1.45. The topological polar surface area (TPSA) is 37.8 Å². The molecule has 1 heterocycles. The molecule has 82 valence electrons. The maximum absolute atomic E-state index is 13.1. The Morgan fingerprint density at radius 3 is 2.81 bits per heavy atom. The largest absolute Gasteiger partial charge is 0.379 e. The number of aromatic nitrogens is 2. The van der Waals surface area contributed by atoms with Gasteiger partial charge in [-0.15, -0.1) is 0 Å². The first kappa shape index (κ1) is 10.5. The molecule has 0 saturated heterocycles. The van der Waals surface area contributed by atoms with Crippen LogP contribution >= 0.6 is 0 Å². The highest BCUT2D eigenvalue weighted by molar-refractivity contribution is 5.46. The van der Waals surface area contributed by atoms with Crippen LogP contribution in [0.15, 0.2) is 36.8 Å². The summed E-state index contributed by atoms with van der Waals surface area (Å²) >= 11 is 0. The monoisotopic (exact) mass is 217 g/mol. The number of halogens is 1.